The summed E-state index contributed by atoms with van der Waals surface area (Å²) in [6, 6.07) is 9.82. The Morgan fingerprint density at radius 1 is 0.712 bits per heavy atom. The van der Waals surface area contributed by atoms with Crippen LogP contribution in [0.4, 0.5) is 15.3 Å². The van der Waals surface area contributed by atoms with Gasteiger partial charge < -0.3 is 45.2 Å². The van der Waals surface area contributed by atoms with E-state index in [1.165, 1.54) is 14.2 Å². The second kappa shape index (κ2) is 17.3. The number of fused-ring (bicyclic) bond motifs is 2. The van der Waals surface area contributed by atoms with E-state index in [2.05, 4.69) is 35.9 Å². The highest BCUT2D eigenvalue weighted by atomic mass is 16.5. The molecule has 2 aromatic carbocycles. The maximum Gasteiger partial charge on any atom is 0.407 e. The maximum absolute atomic E-state index is 14.0. The number of nitrogens with zero attached hydrogens (tertiary/aromatic N) is 4. The van der Waals surface area contributed by atoms with Gasteiger partial charge in [0.05, 0.1) is 50.1 Å². The number of methoxy groups -OCH3 is 2. The first-order valence-corrected chi connectivity index (χ1v) is 20.3. The summed E-state index contributed by atoms with van der Waals surface area (Å²) in [5.74, 6) is 0.442. The summed E-state index contributed by atoms with van der Waals surface area (Å²) in [5.41, 5.74) is 6.33. The van der Waals surface area contributed by atoms with Gasteiger partial charge in [-0.25, -0.2) is 19.6 Å². The Morgan fingerprint density at radius 3 is 1.68 bits per heavy atom. The van der Waals surface area contributed by atoms with Crippen LogP contribution in [0.2, 0.25) is 0 Å². The number of aromatic amines is 2. The fourth-order valence-corrected chi connectivity index (χ4v) is 8.40. The highest BCUT2D eigenvalue weighted by Crippen LogP contribution is 2.36. The van der Waals surface area contributed by atoms with Gasteiger partial charge >= 0.3 is 12.2 Å². The fourth-order valence-electron chi connectivity index (χ4n) is 8.40. The Kier molecular flexibility index (Phi) is 12.1. The molecule has 0 spiro atoms. The van der Waals surface area contributed by atoms with Gasteiger partial charge in [0.15, 0.2) is 0 Å². The molecule has 5 N–H and O–H groups in total. The maximum atomic E-state index is 14.0. The lowest BCUT2D eigenvalue weighted by atomic mass is 9.93. The summed E-state index contributed by atoms with van der Waals surface area (Å²) >= 11 is 0. The lowest BCUT2D eigenvalue weighted by molar-refractivity contribution is -0.136. The summed E-state index contributed by atoms with van der Waals surface area (Å²) < 4.78 is 9.53. The molecular formula is C43H53N9O7. The van der Waals surface area contributed by atoms with Gasteiger partial charge in [0, 0.05) is 35.5 Å². The first-order valence-electron chi connectivity index (χ1n) is 20.3. The minimum atomic E-state index is -0.732. The van der Waals surface area contributed by atoms with Crippen LogP contribution in [-0.2, 0) is 31.9 Å². The number of hydrogen-bond donors (Lipinski definition) is 5. The van der Waals surface area contributed by atoms with Crippen molar-refractivity contribution in [3.63, 3.8) is 0 Å². The minimum absolute atomic E-state index is 0.139. The smallest absolute Gasteiger partial charge is 0.407 e. The molecule has 312 valence electrons. The number of carbonyl (C=O) groups is 5. The molecule has 4 unspecified atom stereocenters. The molecule has 7 rings (SSSR count). The lowest BCUT2D eigenvalue weighted by Gasteiger charge is -2.30. The molecule has 59 heavy (non-hydrogen) atoms. The Bertz CT molecular complexity index is 2230. The molecule has 2 saturated heterocycles. The molecule has 0 radical (unpaired) electrons. The van der Waals surface area contributed by atoms with Crippen molar-refractivity contribution in [3.05, 3.63) is 77.1 Å². The van der Waals surface area contributed by atoms with Crippen LogP contribution in [0.15, 0.2) is 48.8 Å². The van der Waals surface area contributed by atoms with Gasteiger partial charge in [-0.05, 0) is 73.6 Å². The molecule has 2 aromatic heterocycles. The number of rotatable bonds is 10. The largest absolute Gasteiger partial charge is 0.453 e. The molecule has 5 amide bonds. The van der Waals surface area contributed by atoms with Crippen LogP contribution in [0.1, 0.15) is 98.6 Å². The van der Waals surface area contributed by atoms with E-state index in [9.17, 15) is 24.0 Å². The molecule has 0 aliphatic carbocycles. The van der Waals surface area contributed by atoms with Crippen molar-refractivity contribution in [3.8, 4) is 22.5 Å². The summed E-state index contributed by atoms with van der Waals surface area (Å²) in [6.07, 6.45) is 6.63. The normalized spacial score (nSPS) is 18.7. The summed E-state index contributed by atoms with van der Waals surface area (Å²) in [7, 11) is 2.55. The quantitative estimate of drug-likeness (QED) is 0.129. The van der Waals surface area contributed by atoms with Gasteiger partial charge in [-0.1, -0.05) is 52.0 Å². The number of alkyl carbamates (subject to hydrolysis) is 2. The van der Waals surface area contributed by atoms with Crippen molar-refractivity contribution < 1.29 is 33.4 Å². The first kappa shape index (κ1) is 41.0. The zero-order valence-corrected chi connectivity index (χ0v) is 34.4. The second-order valence-electron chi connectivity index (χ2n) is 16.2. The van der Waals surface area contributed by atoms with Gasteiger partial charge in [-0.3, -0.25) is 14.4 Å². The molecule has 16 heteroatoms. The summed E-state index contributed by atoms with van der Waals surface area (Å²) in [6.45, 7) is 8.63. The monoisotopic (exact) mass is 807 g/mol. The van der Waals surface area contributed by atoms with Gasteiger partial charge in [0.25, 0.3) is 5.91 Å². The van der Waals surface area contributed by atoms with Crippen molar-refractivity contribution in [2.24, 2.45) is 11.8 Å². The first-order chi connectivity index (χ1) is 28.4. The average molecular weight is 808 g/mol. The number of amides is 5. The average Bonchev–Trinajstić information content (AvgIpc) is 4.07. The Hall–Kier alpha value is -6.19. The number of H-pyrrole nitrogens is 2. The molecule has 0 bridgehead atoms. The van der Waals surface area contributed by atoms with Crippen LogP contribution >= 0.6 is 0 Å². The number of imidazole rings is 2. The van der Waals surface area contributed by atoms with Crippen LogP contribution < -0.4 is 16.0 Å². The number of nitrogens with one attached hydrogen (secondary N) is 5. The van der Waals surface area contributed by atoms with Crippen LogP contribution in [-0.4, -0.2) is 99.0 Å². The number of aryl methyl sites for hydroxylation is 2. The standard InChI is InChI=1S/C43H53N9O7/c1-23(2)35(49-42(56)58-5)40(54)51-17-7-9-33(51)37-44-21-31(46-37)27-15-12-25-11-13-26-14-16-28(20-30(26)48-39(53)29(25)19-27)32-22-45-38(47-32)34-10-8-18-52(34)41(55)36(24(3)4)50-43(57)59-6/h12,14-16,19-24,33-36H,7-11,13,17-18H2,1-6H3,(H,44,46)(H,45,47)(H,48,53)(H,49,56)(H,50,57). The Balaban J connectivity index is 1.06. The van der Waals surface area contributed by atoms with Gasteiger partial charge in [-0.2, -0.15) is 0 Å². The zero-order chi connectivity index (χ0) is 42.0. The van der Waals surface area contributed by atoms with Gasteiger partial charge in [0.1, 0.15) is 23.7 Å². The number of hydrogen-bond acceptors (Lipinski definition) is 9. The van der Waals surface area contributed by atoms with E-state index in [1.807, 2.05) is 64.1 Å². The molecule has 3 aliphatic heterocycles. The SMILES string of the molecule is COC(=O)NC(C(=O)N1CCCC1c1ncc(-c2ccc3c(c2)NC(=O)c2cc(-c4cnc(C5CCCN5C(=O)C(NC(=O)OC)C(C)C)[nH]4)ccc2CC3)[nH]1)C(C)C. The second-order valence-corrected chi connectivity index (χ2v) is 16.2. The predicted molar refractivity (Wildman–Crippen MR) is 219 cm³/mol. The van der Waals surface area contributed by atoms with E-state index in [4.69, 9.17) is 9.47 Å². The van der Waals surface area contributed by atoms with E-state index < -0.39 is 24.3 Å². The van der Waals surface area contributed by atoms with Crippen molar-refractivity contribution in [1.82, 2.24) is 40.4 Å². The third kappa shape index (κ3) is 8.52. The highest BCUT2D eigenvalue weighted by Gasteiger charge is 2.39. The van der Waals surface area contributed by atoms with Crippen molar-refractivity contribution in [2.75, 3.05) is 32.6 Å². The van der Waals surface area contributed by atoms with Crippen LogP contribution in [0.3, 0.4) is 0 Å². The van der Waals surface area contributed by atoms with Gasteiger partial charge in [-0.15, -0.1) is 0 Å². The molecule has 4 aromatic rings. The summed E-state index contributed by atoms with van der Waals surface area (Å²) in [4.78, 5) is 85.0. The predicted octanol–water partition coefficient (Wildman–Crippen LogP) is 5.91. The number of benzene rings is 2. The fraction of sp³-hybridized carbons (Fsp3) is 0.465. The van der Waals surface area contributed by atoms with Crippen molar-refractivity contribution >= 4 is 35.6 Å². The lowest BCUT2D eigenvalue weighted by Crippen LogP contribution is -2.51. The van der Waals surface area contributed by atoms with E-state index in [-0.39, 0.29) is 41.6 Å². The van der Waals surface area contributed by atoms with Crippen LogP contribution in [0.25, 0.3) is 22.5 Å². The van der Waals surface area contributed by atoms with Gasteiger partial charge in [0.2, 0.25) is 11.8 Å². The van der Waals surface area contributed by atoms with Crippen molar-refractivity contribution in [2.45, 2.75) is 90.4 Å². The Morgan fingerprint density at radius 2 is 1.19 bits per heavy atom. The molecule has 2 fully saturated rings. The van der Waals surface area contributed by atoms with E-state index in [0.29, 0.717) is 48.8 Å². The molecule has 16 nitrogen and oxygen atoms in total. The zero-order valence-electron chi connectivity index (χ0n) is 34.4. The van der Waals surface area contributed by atoms with E-state index in [1.54, 1.807) is 22.2 Å². The minimum Gasteiger partial charge on any atom is -0.453 e. The third-order valence-corrected chi connectivity index (χ3v) is 11.7. The number of ether oxygens (including phenoxy) is 2. The molecular weight excluding hydrogens is 755 g/mol. The molecule has 3 aliphatic rings. The molecule has 5 heterocycles. The topological polar surface area (TPSA) is 204 Å². The van der Waals surface area contributed by atoms with Crippen LogP contribution in [0, 0.1) is 11.8 Å². The number of carbonyl (C=O) groups excluding carboxylic acids is 5. The molecule has 0 saturated carbocycles. The van der Waals surface area contributed by atoms with E-state index in [0.717, 1.165) is 59.3 Å². The number of aromatic nitrogens is 4. The molecule has 4 atom stereocenters. The number of anilines is 1. The summed E-state index contributed by atoms with van der Waals surface area (Å²) in [5, 5.41) is 8.53. The third-order valence-electron chi connectivity index (χ3n) is 11.7. The highest BCUT2D eigenvalue weighted by molar-refractivity contribution is 6.07. The van der Waals surface area contributed by atoms with E-state index >= 15 is 0 Å². The van der Waals surface area contributed by atoms with Crippen LogP contribution in [0.5, 0.6) is 0 Å². The Labute approximate surface area is 343 Å². The number of likely N-dealkylation sites (tertiary alicyclic amines) is 2. The van der Waals surface area contributed by atoms with Crippen molar-refractivity contribution in [1.29, 1.82) is 0 Å².